The van der Waals surface area contributed by atoms with Crippen LogP contribution in [0.15, 0.2) is 133 Å². The van der Waals surface area contributed by atoms with Gasteiger partial charge in [0.1, 0.15) is 0 Å². The number of aromatic nitrogens is 4. The molecule has 0 unspecified atom stereocenters. The van der Waals surface area contributed by atoms with E-state index in [4.69, 9.17) is 9.97 Å². The molecule has 0 atom stereocenters. The van der Waals surface area contributed by atoms with Crippen LogP contribution in [0, 0.1) is 0 Å². The largest absolute Gasteiger partial charge is 0.354 e. The minimum Gasteiger partial charge on any atom is -0.354 e. The molecule has 3 aromatic heterocycles. The van der Waals surface area contributed by atoms with Crippen molar-refractivity contribution < 1.29 is 0 Å². The highest BCUT2D eigenvalue weighted by molar-refractivity contribution is 6.27. The van der Waals surface area contributed by atoms with Crippen LogP contribution in [0.1, 0.15) is 179 Å². The molecule has 7 aromatic carbocycles. The number of hydrogen-bond acceptors (Lipinski definition) is 2. The van der Waals surface area contributed by atoms with Gasteiger partial charge in [-0.15, -0.1) is 0 Å². The van der Waals surface area contributed by atoms with Gasteiger partial charge < -0.3 is 9.97 Å². The molecular weight excluding hydrogens is 993 g/mol. The molecule has 0 saturated heterocycles. The molecule has 12 rings (SSSR count). The quantitative estimate of drug-likeness (QED) is 0.134. The van der Waals surface area contributed by atoms with Gasteiger partial charge in [0.25, 0.3) is 0 Å². The normalized spacial score (nSPS) is 13.2. The van der Waals surface area contributed by atoms with Crippen molar-refractivity contribution in [1.29, 1.82) is 0 Å². The van der Waals surface area contributed by atoms with E-state index in [1.54, 1.807) is 0 Å². The molecule has 0 spiro atoms. The van der Waals surface area contributed by atoms with Crippen molar-refractivity contribution in [3.63, 3.8) is 0 Å². The molecule has 5 heterocycles. The summed E-state index contributed by atoms with van der Waals surface area (Å²) in [5, 5.41) is 8.01. The summed E-state index contributed by atoms with van der Waals surface area (Å²) in [4.78, 5) is 20.0. The molecule has 8 bridgehead atoms. The Balaban J connectivity index is 1.29. The zero-order chi connectivity index (χ0) is 57.6. The van der Waals surface area contributed by atoms with Gasteiger partial charge in [-0.2, -0.15) is 0 Å². The summed E-state index contributed by atoms with van der Waals surface area (Å²) in [5.41, 5.74) is 24.2. The lowest BCUT2D eigenvalue weighted by atomic mass is 9.78. The number of nitrogens with one attached hydrogen (secondary N) is 2. The van der Waals surface area contributed by atoms with Crippen LogP contribution in [0.25, 0.3) is 123 Å². The average Bonchev–Trinajstić information content (AvgIpc) is 1.33. The smallest absolute Gasteiger partial charge is 0.0737 e. The minimum atomic E-state index is -0.0956. The van der Waals surface area contributed by atoms with Crippen molar-refractivity contribution in [2.45, 2.75) is 157 Å². The number of aryl methyl sites for hydroxylation is 2. The lowest BCUT2D eigenvalue weighted by Gasteiger charge is -2.26. The van der Waals surface area contributed by atoms with E-state index in [-0.39, 0.29) is 21.7 Å². The van der Waals surface area contributed by atoms with Crippen LogP contribution < -0.4 is 0 Å². The molecule has 10 aromatic rings. The van der Waals surface area contributed by atoms with E-state index in [2.05, 4.69) is 265 Å². The Hall–Kier alpha value is -7.82. The average molecular weight is 1080 g/mol. The fourth-order valence-electron chi connectivity index (χ4n) is 12.7. The molecule has 2 aliphatic heterocycles. The van der Waals surface area contributed by atoms with E-state index in [0.717, 1.165) is 116 Å². The Bertz CT molecular complexity index is 4230. The number of H-pyrrole nitrogens is 2. The topological polar surface area (TPSA) is 57.4 Å². The van der Waals surface area contributed by atoms with E-state index in [0.29, 0.717) is 0 Å². The zero-order valence-electron chi connectivity index (χ0n) is 51.1. The highest BCUT2D eigenvalue weighted by atomic mass is 14.8. The zero-order valence-corrected chi connectivity index (χ0v) is 51.1. The number of unbranched alkanes of at least 4 members (excludes halogenated alkanes) is 2. The van der Waals surface area contributed by atoms with Crippen LogP contribution in [0.4, 0.5) is 0 Å². The van der Waals surface area contributed by atoms with Gasteiger partial charge in [-0.05, 0) is 190 Å². The Morgan fingerprint density at radius 1 is 0.354 bits per heavy atom. The first-order chi connectivity index (χ1) is 39.1. The number of nitrogens with zero attached hydrogens (tertiary/aromatic N) is 2. The Kier molecular flexibility index (Phi) is 13.7. The molecule has 2 aliphatic rings. The molecule has 0 fully saturated rings. The summed E-state index contributed by atoms with van der Waals surface area (Å²) in [5.74, 6) is 0. The fourth-order valence-corrected chi connectivity index (χ4v) is 12.7. The Morgan fingerprint density at radius 3 is 1.21 bits per heavy atom. The van der Waals surface area contributed by atoms with Crippen LogP contribution in [-0.2, 0) is 34.5 Å². The first-order valence-electron chi connectivity index (χ1n) is 30.3. The fraction of sp³-hybridized carbons (Fsp3) is 0.308. The van der Waals surface area contributed by atoms with Gasteiger partial charge in [0.05, 0.1) is 22.8 Å². The molecule has 0 aliphatic carbocycles. The maximum Gasteiger partial charge on any atom is 0.0737 e. The van der Waals surface area contributed by atoms with Crippen molar-refractivity contribution in [1.82, 2.24) is 19.9 Å². The van der Waals surface area contributed by atoms with Gasteiger partial charge in [-0.3, -0.25) is 0 Å². The standard InChI is InChI=1S/C78H82N4/c1-15-17-22-47-26-27-49-28-29-58-50(23-18-16-2)44-60(59-31-30-57(47)69(49)73(58)59)74-67-38-36-65(81-67)71(51-40-53(75(3,4)5)45-54(41-51)76(6,7)8)63-34-32-61(79-63)70(48-24-20-19-21-25-48)62-33-35-64(80-62)72(66-37-39-68(74)82-66)52-42-55(77(9,10)11)46-56(43-52)78(12,13)14/h19-21,24-46,79,82H,15-18,22-23H2,1-14H3. The molecule has 4 heteroatoms. The highest BCUT2D eigenvalue weighted by Crippen LogP contribution is 2.47. The predicted octanol–water partition coefficient (Wildman–Crippen LogP) is 22.1. The van der Waals surface area contributed by atoms with Gasteiger partial charge in [-0.1, -0.05) is 213 Å². The Morgan fingerprint density at radius 2 is 0.744 bits per heavy atom. The first kappa shape index (κ1) is 54.8. The third-order valence-electron chi connectivity index (χ3n) is 17.6. The highest BCUT2D eigenvalue weighted by Gasteiger charge is 2.27. The second-order valence-corrected chi connectivity index (χ2v) is 27.7. The van der Waals surface area contributed by atoms with Crippen molar-refractivity contribution >= 4 is 78.7 Å². The van der Waals surface area contributed by atoms with Gasteiger partial charge in [-0.25, -0.2) is 9.97 Å². The molecule has 0 amide bonds. The third kappa shape index (κ3) is 10.0. The molecule has 82 heavy (non-hydrogen) atoms. The van der Waals surface area contributed by atoms with E-state index >= 15 is 0 Å². The van der Waals surface area contributed by atoms with Crippen LogP contribution in [0.2, 0.25) is 0 Å². The van der Waals surface area contributed by atoms with Crippen LogP contribution in [-0.4, -0.2) is 19.9 Å². The van der Waals surface area contributed by atoms with Crippen LogP contribution in [0.5, 0.6) is 0 Å². The molecular formula is C78H82N4. The summed E-state index contributed by atoms with van der Waals surface area (Å²) in [6, 6.07) is 51.3. The van der Waals surface area contributed by atoms with Crippen molar-refractivity contribution in [3.8, 4) is 44.5 Å². The molecule has 0 radical (unpaired) electrons. The number of fused-ring (bicyclic) bond motifs is 8. The molecule has 2 N–H and O–H groups in total. The summed E-state index contributed by atoms with van der Waals surface area (Å²) < 4.78 is 0. The summed E-state index contributed by atoms with van der Waals surface area (Å²) in [6.45, 7) is 32.5. The van der Waals surface area contributed by atoms with E-state index in [1.165, 1.54) is 77.7 Å². The van der Waals surface area contributed by atoms with E-state index in [9.17, 15) is 0 Å². The molecule has 4 nitrogen and oxygen atoms in total. The van der Waals surface area contributed by atoms with Crippen molar-refractivity contribution in [2.75, 3.05) is 0 Å². The summed E-state index contributed by atoms with van der Waals surface area (Å²) in [7, 11) is 0. The van der Waals surface area contributed by atoms with E-state index in [1.807, 2.05) is 0 Å². The maximum absolute atomic E-state index is 5.96. The van der Waals surface area contributed by atoms with Crippen molar-refractivity contribution in [3.05, 3.63) is 190 Å². The summed E-state index contributed by atoms with van der Waals surface area (Å²) >= 11 is 0. The van der Waals surface area contributed by atoms with Gasteiger partial charge in [0.15, 0.2) is 0 Å². The predicted molar refractivity (Wildman–Crippen MR) is 356 cm³/mol. The lowest BCUT2D eigenvalue weighted by molar-refractivity contribution is 0.568. The molecule has 0 saturated carbocycles. The van der Waals surface area contributed by atoms with Gasteiger partial charge in [0, 0.05) is 44.3 Å². The molecule has 414 valence electrons. The summed E-state index contributed by atoms with van der Waals surface area (Å²) in [6.07, 6.45) is 15.6. The van der Waals surface area contributed by atoms with Gasteiger partial charge >= 0.3 is 0 Å². The van der Waals surface area contributed by atoms with E-state index < -0.39 is 0 Å². The second kappa shape index (κ2) is 20.6. The van der Waals surface area contributed by atoms with Gasteiger partial charge in [0.2, 0.25) is 0 Å². The SMILES string of the molecule is CCCCc1ccc2ccc3c(CCCC)cc(-c4c5nc(c(-c6cc(C(C)(C)C)cc(C(C)(C)C)c6)c6ccc([nH]6)c(-c6ccccc6)c6nc(c(-c7cc(C(C)(C)C)cc(C(C)(C)C)c7)c7ccc4[nH]7)C=C6)C=C5)c4ccc1c2c34. The minimum absolute atomic E-state index is 0.0956. The van der Waals surface area contributed by atoms with Crippen LogP contribution >= 0.6 is 0 Å². The van der Waals surface area contributed by atoms with Crippen LogP contribution in [0.3, 0.4) is 0 Å². The van der Waals surface area contributed by atoms with Crippen molar-refractivity contribution in [2.24, 2.45) is 0 Å². The maximum atomic E-state index is 5.96. The number of aromatic amines is 2. The first-order valence-corrected chi connectivity index (χ1v) is 30.3. The monoisotopic (exact) mass is 1070 g/mol. The third-order valence-corrected chi connectivity index (χ3v) is 17.6. The number of hydrogen-bond donors (Lipinski definition) is 2. The lowest BCUT2D eigenvalue weighted by Crippen LogP contribution is -2.16. The Labute approximate surface area is 487 Å². The second-order valence-electron chi connectivity index (χ2n) is 27.7. The number of rotatable bonds is 10. The number of benzene rings is 7.